The van der Waals surface area contributed by atoms with Crippen molar-refractivity contribution in [3.63, 3.8) is 0 Å². The summed E-state index contributed by atoms with van der Waals surface area (Å²) in [6.45, 7) is 8.99. The lowest BCUT2D eigenvalue weighted by molar-refractivity contribution is 0.768. The van der Waals surface area contributed by atoms with E-state index in [4.69, 9.17) is 0 Å². The van der Waals surface area contributed by atoms with Crippen molar-refractivity contribution in [3.8, 4) is 11.1 Å². The van der Waals surface area contributed by atoms with Crippen LogP contribution < -0.4 is 9.80 Å². The molecule has 0 atom stereocenters. The number of hydrogen-bond acceptors (Lipinski definition) is 2. The first-order valence-corrected chi connectivity index (χ1v) is 23.4. The van der Waals surface area contributed by atoms with Crippen LogP contribution in [0.15, 0.2) is 194 Å². The maximum absolute atomic E-state index is 2.41. The van der Waals surface area contributed by atoms with Crippen LogP contribution in [0.3, 0.4) is 0 Å². The quantitative estimate of drug-likeness (QED) is 0.0958. The molecular weight excluding hydrogens is 761 g/mol. The number of nitrogens with zero attached hydrogens (tertiary/aromatic N) is 2. The highest BCUT2D eigenvalue weighted by Gasteiger charge is 2.46. The van der Waals surface area contributed by atoms with Crippen LogP contribution in [0.25, 0.3) is 11.1 Å². The second-order valence-corrected chi connectivity index (χ2v) is 17.3. The summed E-state index contributed by atoms with van der Waals surface area (Å²) in [5, 5.41) is 0. The molecule has 0 fully saturated rings. The van der Waals surface area contributed by atoms with Gasteiger partial charge in [-0.1, -0.05) is 175 Å². The third-order valence-electron chi connectivity index (χ3n) is 13.0. The Labute approximate surface area is 376 Å². The molecule has 2 nitrogen and oxygen atoms in total. The normalized spacial score (nSPS) is 12.4. The van der Waals surface area contributed by atoms with Gasteiger partial charge in [-0.05, 0) is 154 Å². The number of fused-ring (bicyclic) bond motifs is 3. The zero-order valence-electron chi connectivity index (χ0n) is 37.5. The number of benzene rings is 8. The van der Waals surface area contributed by atoms with Crippen molar-refractivity contribution < 1.29 is 0 Å². The Morgan fingerprint density at radius 2 is 0.524 bits per heavy atom. The monoisotopic (exact) mass is 820 g/mol. The summed E-state index contributed by atoms with van der Waals surface area (Å²) in [5.41, 5.74) is 19.6. The Morgan fingerprint density at radius 3 is 0.778 bits per heavy atom. The minimum atomic E-state index is -0.521. The molecule has 0 amide bonds. The molecule has 314 valence electrons. The predicted molar refractivity (Wildman–Crippen MR) is 269 cm³/mol. The van der Waals surface area contributed by atoms with E-state index in [-0.39, 0.29) is 0 Å². The highest BCUT2D eigenvalue weighted by atomic mass is 15.1. The number of rotatable bonds is 16. The molecule has 0 spiro atoms. The molecule has 0 N–H and O–H groups in total. The maximum atomic E-state index is 2.41. The van der Waals surface area contributed by atoms with Crippen molar-refractivity contribution in [1.82, 2.24) is 0 Å². The lowest BCUT2D eigenvalue weighted by atomic mass is 9.67. The third kappa shape index (κ3) is 8.12. The molecule has 63 heavy (non-hydrogen) atoms. The van der Waals surface area contributed by atoms with Crippen LogP contribution in [-0.2, 0) is 31.1 Å². The van der Waals surface area contributed by atoms with E-state index in [9.17, 15) is 0 Å². The van der Waals surface area contributed by atoms with Crippen molar-refractivity contribution in [2.75, 3.05) is 9.80 Å². The van der Waals surface area contributed by atoms with Crippen molar-refractivity contribution in [2.24, 2.45) is 0 Å². The first-order valence-electron chi connectivity index (χ1n) is 23.4. The molecule has 0 saturated heterocycles. The maximum Gasteiger partial charge on any atom is 0.0713 e. The van der Waals surface area contributed by atoms with Gasteiger partial charge in [-0.15, -0.1) is 0 Å². The molecule has 0 bridgehead atoms. The number of aryl methyl sites for hydroxylation is 4. The van der Waals surface area contributed by atoms with Crippen LogP contribution in [0, 0.1) is 0 Å². The van der Waals surface area contributed by atoms with Gasteiger partial charge in [0.1, 0.15) is 0 Å². The second-order valence-electron chi connectivity index (χ2n) is 17.3. The van der Waals surface area contributed by atoms with Gasteiger partial charge in [0, 0.05) is 34.1 Å². The van der Waals surface area contributed by atoms with E-state index in [0.29, 0.717) is 0 Å². The van der Waals surface area contributed by atoms with Gasteiger partial charge < -0.3 is 9.80 Å². The van der Waals surface area contributed by atoms with Crippen LogP contribution in [0.5, 0.6) is 0 Å². The molecule has 1 aliphatic carbocycles. The highest BCUT2D eigenvalue weighted by molar-refractivity contribution is 5.87. The summed E-state index contributed by atoms with van der Waals surface area (Å²) in [7, 11) is 0. The van der Waals surface area contributed by atoms with Crippen LogP contribution >= 0.6 is 0 Å². The molecule has 2 heteroatoms. The van der Waals surface area contributed by atoms with Crippen molar-refractivity contribution in [3.05, 3.63) is 239 Å². The number of anilines is 6. The fourth-order valence-corrected chi connectivity index (χ4v) is 10.0. The van der Waals surface area contributed by atoms with E-state index >= 15 is 0 Å². The summed E-state index contributed by atoms with van der Waals surface area (Å²) in [5.74, 6) is 0. The summed E-state index contributed by atoms with van der Waals surface area (Å²) in [6, 6.07) is 73.6. The van der Waals surface area contributed by atoms with Gasteiger partial charge in [-0.25, -0.2) is 0 Å². The Hall–Kier alpha value is -6.64. The number of hydrogen-bond donors (Lipinski definition) is 0. The van der Waals surface area contributed by atoms with E-state index in [0.717, 1.165) is 85.5 Å². The Bertz CT molecular complexity index is 2430. The van der Waals surface area contributed by atoms with Crippen LogP contribution in [0.2, 0.25) is 0 Å². The topological polar surface area (TPSA) is 6.48 Å². The van der Waals surface area contributed by atoms with Crippen LogP contribution in [0.4, 0.5) is 34.1 Å². The van der Waals surface area contributed by atoms with Gasteiger partial charge in [-0.3, -0.25) is 0 Å². The Kier molecular flexibility index (Phi) is 12.4. The van der Waals surface area contributed by atoms with Gasteiger partial charge in [0.25, 0.3) is 0 Å². The average Bonchev–Trinajstić information content (AvgIpc) is 3.63. The minimum absolute atomic E-state index is 0.521. The van der Waals surface area contributed by atoms with Gasteiger partial charge in [-0.2, -0.15) is 0 Å². The zero-order chi connectivity index (χ0) is 43.2. The predicted octanol–water partition coefficient (Wildman–Crippen LogP) is 16.8. The molecule has 9 rings (SSSR count). The summed E-state index contributed by atoms with van der Waals surface area (Å²) in [4.78, 5) is 4.82. The van der Waals surface area contributed by atoms with Crippen molar-refractivity contribution in [1.29, 1.82) is 0 Å². The van der Waals surface area contributed by atoms with Crippen molar-refractivity contribution >= 4 is 34.1 Å². The van der Waals surface area contributed by atoms with Gasteiger partial charge >= 0.3 is 0 Å². The molecular formula is C61H60N2. The lowest BCUT2D eigenvalue weighted by Gasteiger charge is -2.35. The molecule has 0 saturated carbocycles. The van der Waals surface area contributed by atoms with Crippen LogP contribution in [-0.4, -0.2) is 0 Å². The average molecular weight is 821 g/mol. The molecule has 8 aromatic carbocycles. The molecule has 0 radical (unpaired) electrons. The molecule has 1 aliphatic rings. The lowest BCUT2D eigenvalue weighted by Crippen LogP contribution is -2.28. The largest absolute Gasteiger partial charge is 0.311 e. The first-order chi connectivity index (χ1) is 31.0. The minimum Gasteiger partial charge on any atom is -0.311 e. The van der Waals surface area contributed by atoms with Gasteiger partial charge in [0.15, 0.2) is 0 Å². The van der Waals surface area contributed by atoms with E-state index in [1.165, 1.54) is 55.6 Å². The van der Waals surface area contributed by atoms with E-state index < -0.39 is 5.41 Å². The SMILES string of the molecule is CCCc1ccc(N(c2ccc(CCC)cc2)c2ccc(C3(c4ccc(N(c5ccc(CCC)cc5)c5ccc(CCC)cc5)cc4)c4ccccc4-c4ccccc43)cc2)cc1. The Balaban J connectivity index is 1.17. The van der Waals surface area contributed by atoms with E-state index in [2.05, 4.69) is 232 Å². The van der Waals surface area contributed by atoms with E-state index in [1.54, 1.807) is 0 Å². The fourth-order valence-electron chi connectivity index (χ4n) is 10.0. The summed E-state index contributed by atoms with van der Waals surface area (Å²) < 4.78 is 0. The first kappa shape index (κ1) is 41.7. The molecule has 0 unspecified atom stereocenters. The summed E-state index contributed by atoms with van der Waals surface area (Å²) in [6.07, 6.45) is 8.89. The summed E-state index contributed by atoms with van der Waals surface area (Å²) >= 11 is 0. The Morgan fingerprint density at radius 1 is 0.286 bits per heavy atom. The third-order valence-corrected chi connectivity index (χ3v) is 13.0. The van der Waals surface area contributed by atoms with E-state index in [1.807, 2.05) is 0 Å². The molecule has 8 aromatic rings. The molecule has 0 aromatic heterocycles. The second kappa shape index (κ2) is 18.8. The van der Waals surface area contributed by atoms with Gasteiger partial charge in [0.2, 0.25) is 0 Å². The standard InChI is InChI=1S/C61H60N2/c1-5-13-45-21-33-51(34-22-45)62(52-35-23-46(14-6-2)24-36-52)55-41-29-49(30-42-55)61(59-19-11-9-17-57(59)58-18-10-12-20-60(58)61)50-31-43-56(44-32-50)63(53-37-25-47(15-7-3)26-38-53)54-39-27-48(16-8-4)28-40-54/h9-12,17-44H,5-8,13-16H2,1-4H3. The smallest absolute Gasteiger partial charge is 0.0713 e. The zero-order valence-corrected chi connectivity index (χ0v) is 37.5. The molecule has 0 aliphatic heterocycles. The molecule has 0 heterocycles. The van der Waals surface area contributed by atoms with Gasteiger partial charge in [0.05, 0.1) is 5.41 Å². The highest BCUT2D eigenvalue weighted by Crippen LogP contribution is 2.56. The van der Waals surface area contributed by atoms with Crippen molar-refractivity contribution in [2.45, 2.75) is 84.5 Å². The fraction of sp³-hybridized carbons (Fsp3) is 0.213. The van der Waals surface area contributed by atoms with Crippen LogP contribution in [0.1, 0.15) is 97.9 Å².